The van der Waals surface area contributed by atoms with Gasteiger partial charge in [-0.1, -0.05) is 140 Å². The molecule has 0 saturated carbocycles. The van der Waals surface area contributed by atoms with Crippen molar-refractivity contribution in [2.24, 2.45) is 11.8 Å². The number of rotatable bonds is 30. The Morgan fingerprint density at radius 1 is 0.641 bits per heavy atom. The Balaban J connectivity index is 0.000000254. The highest BCUT2D eigenvalue weighted by Gasteiger charge is 2.36. The number of thiol groups is 1. The van der Waals surface area contributed by atoms with Gasteiger partial charge in [0.1, 0.15) is 38.3 Å². The molecule has 1 aliphatic rings. The van der Waals surface area contributed by atoms with Crippen LogP contribution in [0.25, 0.3) is 0 Å². The summed E-state index contributed by atoms with van der Waals surface area (Å²) in [6, 6.07) is 46.9. The second-order valence-electron chi connectivity index (χ2n) is 17.6. The Bertz CT molecular complexity index is 2310. The number of thioether (sulfide) groups is 1. The van der Waals surface area contributed by atoms with Crippen molar-refractivity contribution in [1.82, 2.24) is 15.1 Å². The van der Waals surface area contributed by atoms with Gasteiger partial charge in [0.2, 0.25) is 5.91 Å². The highest BCUT2D eigenvalue weighted by atomic mass is 32.2. The van der Waals surface area contributed by atoms with Crippen molar-refractivity contribution in [2.75, 3.05) is 111 Å². The molecule has 18 nitrogen and oxygen atoms in total. The lowest BCUT2D eigenvalue weighted by molar-refractivity contribution is -0.154. The van der Waals surface area contributed by atoms with E-state index in [4.69, 9.17) is 44.1 Å². The molecule has 1 fully saturated rings. The predicted octanol–water partition coefficient (Wildman–Crippen LogP) is 5.44. The largest absolute Gasteiger partial charge is 0.508 e. The number of methoxy groups -OCH3 is 1. The lowest BCUT2D eigenvalue weighted by atomic mass is 9.84. The molecule has 0 spiro atoms. The summed E-state index contributed by atoms with van der Waals surface area (Å²) < 4.78 is 29.0. The van der Waals surface area contributed by atoms with Gasteiger partial charge in [-0.25, -0.2) is 9.59 Å². The molecule has 6 N–H and O–H groups in total. The van der Waals surface area contributed by atoms with Crippen LogP contribution in [-0.2, 0) is 69.0 Å². The number of benzene rings is 5. The van der Waals surface area contributed by atoms with Gasteiger partial charge in [0.15, 0.2) is 0 Å². The SMILES string of the molecule is COC(=O)OCC(COCCS)C(=O)OCc1ccc(CN(CCO)CCO)cc1.O=C1OCC(C(=O)NCc2ccc(CN(CCO)CCO)cc2)CO1.OCCSC(c1ccccc1)(c1ccccc1)c1ccccc1. The van der Waals surface area contributed by atoms with Crippen LogP contribution in [-0.4, -0.2) is 170 Å². The molecule has 20 heteroatoms. The van der Waals surface area contributed by atoms with Gasteiger partial charge in [-0.3, -0.25) is 19.4 Å². The molecule has 1 heterocycles. The summed E-state index contributed by atoms with van der Waals surface area (Å²) in [7, 11) is 1.18. The van der Waals surface area contributed by atoms with E-state index in [1.807, 2.05) is 76.5 Å². The number of cyclic esters (lactones) is 2. The maximum atomic E-state index is 12.4. The minimum atomic E-state index is -0.881. The molecule has 6 rings (SSSR count). The highest BCUT2D eigenvalue weighted by Crippen LogP contribution is 2.48. The van der Waals surface area contributed by atoms with Crippen LogP contribution in [0.2, 0.25) is 0 Å². The quantitative estimate of drug-likeness (QED) is 0.00996. The number of ether oxygens (including phenoxy) is 6. The molecule has 1 atom stereocenters. The zero-order chi connectivity index (χ0) is 56.2. The summed E-state index contributed by atoms with van der Waals surface area (Å²) in [4.78, 5) is 50.2. The molecule has 0 bridgehead atoms. The highest BCUT2D eigenvalue weighted by molar-refractivity contribution is 8.00. The lowest BCUT2D eigenvalue weighted by Gasteiger charge is -2.35. The van der Waals surface area contributed by atoms with Crippen LogP contribution in [0.4, 0.5) is 9.59 Å². The third kappa shape index (κ3) is 22.7. The van der Waals surface area contributed by atoms with Crippen molar-refractivity contribution in [3.63, 3.8) is 0 Å². The first kappa shape index (κ1) is 64.5. The first-order valence-electron chi connectivity index (χ1n) is 25.6. The van der Waals surface area contributed by atoms with Crippen molar-refractivity contribution < 1.29 is 73.1 Å². The molecule has 1 unspecified atom stereocenters. The number of hydrogen-bond acceptors (Lipinski definition) is 19. The van der Waals surface area contributed by atoms with Gasteiger partial charge in [0.25, 0.3) is 0 Å². The maximum absolute atomic E-state index is 12.4. The lowest BCUT2D eigenvalue weighted by Crippen LogP contribution is -2.39. The van der Waals surface area contributed by atoms with Gasteiger partial charge >= 0.3 is 18.3 Å². The zero-order valence-corrected chi connectivity index (χ0v) is 45.9. The number of carbonyl (C=O) groups excluding carboxylic acids is 4. The van der Waals surface area contributed by atoms with E-state index in [2.05, 4.69) is 95.5 Å². The molecule has 5 aromatic carbocycles. The van der Waals surface area contributed by atoms with E-state index in [9.17, 15) is 24.3 Å². The van der Waals surface area contributed by atoms with Crippen LogP contribution in [0.5, 0.6) is 0 Å². The van der Waals surface area contributed by atoms with Crippen LogP contribution in [0.3, 0.4) is 0 Å². The minimum Gasteiger partial charge on any atom is -0.460 e. The summed E-state index contributed by atoms with van der Waals surface area (Å²) in [6.07, 6.45) is -1.62. The summed E-state index contributed by atoms with van der Waals surface area (Å²) in [5.41, 5.74) is 7.51. The summed E-state index contributed by atoms with van der Waals surface area (Å²) in [5.74, 6) is -0.831. The van der Waals surface area contributed by atoms with E-state index in [-0.39, 0.29) is 76.7 Å². The molecule has 0 aromatic heterocycles. The molecule has 1 aliphatic heterocycles. The first-order chi connectivity index (χ1) is 38.0. The number of aliphatic hydroxyl groups excluding tert-OH is 5. The van der Waals surface area contributed by atoms with Crippen molar-refractivity contribution in [1.29, 1.82) is 0 Å². The zero-order valence-electron chi connectivity index (χ0n) is 44.1. The average molecular weight is 1120 g/mol. The maximum Gasteiger partial charge on any atom is 0.508 e. The van der Waals surface area contributed by atoms with Gasteiger partial charge in [-0.15, -0.1) is 11.8 Å². The van der Waals surface area contributed by atoms with Crippen LogP contribution in [0, 0.1) is 11.8 Å². The third-order valence-electron chi connectivity index (χ3n) is 12.0. The molecule has 78 heavy (non-hydrogen) atoms. The number of nitrogens with one attached hydrogen (secondary N) is 1. The minimum absolute atomic E-state index is 0.0204. The first-order valence-corrected chi connectivity index (χ1v) is 27.2. The molecular formula is C58H75N3O15S2. The van der Waals surface area contributed by atoms with Gasteiger partial charge in [-0.2, -0.15) is 12.6 Å². The number of aliphatic hydroxyl groups is 5. The molecule has 0 radical (unpaired) electrons. The second kappa shape index (κ2) is 37.7. The topological polar surface area (TPSA) is 243 Å². The number of esters is 1. The van der Waals surface area contributed by atoms with Crippen LogP contribution in [0.15, 0.2) is 140 Å². The van der Waals surface area contributed by atoms with Crippen molar-refractivity contribution in [3.8, 4) is 0 Å². The molecule has 1 saturated heterocycles. The van der Waals surface area contributed by atoms with Crippen molar-refractivity contribution in [2.45, 2.75) is 31.0 Å². The summed E-state index contributed by atoms with van der Waals surface area (Å²) in [5, 5.41) is 48.5. The van der Waals surface area contributed by atoms with E-state index >= 15 is 0 Å². The van der Waals surface area contributed by atoms with Gasteiger partial charge in [0, 0.05) is 57.3 Å². The van der Waals surface area contributed by atoms with E-state index in [1.165, 1.54) is 23.8 Å². The van der Waals surface area contributed by atoms with Gasteiger partial charge in [-0.05, 0) is 38.9 Å². The Hall–Kier alpha value is -6.04. The Morgan fingerprint density at radius 2 is 1.09 bits per heavy atom. The predicted molar refractivity (Wildman–Crippen MR) is 299 cm³/mol. The smallest absolute Gasteiger partial charge is 0.460 e. The third-order valence-corrected chi connectivity index (χ3v) is 13.7. The number of nitrogens with zero attached hydrogens (tertiary/aromatic N) is 2. The normalized spacial score (nSPS) is 12.7. The number of carbonyl (C=O) groups is 4. The van der Waals surface area contributed by atoms with Crippen LogP contribution >= 0.6 is 24.4 Å². The van der Waals surface area contributed by atoms with Gasteiger partial charge in [0.05, 0.1) is 58.1 Å². The molecular weight excluding hydrogens is 1040 g/mol. The van der Waals surface area contributed by atoms with E-state index in [0.29, 0.717) is 63.9 Å². The standard InChI is InChI=1S/C21H20OS.C20H31NO8S.C17H24N2O6/c22-16-17-23-21(18-10-4-1-5-11-18,19-12-6-2-7-13-19)20-14-8-3-9-15-20;1-26-20(25)29-15-18(14-27-10-11-30)19(24)28-13-17-4-2-16(3-5-17)12-21(6-8-22)7-9-23;20-7-5-19(6-8-21)10-14-3-1-13(2-4-14)9-18-16(22)15-11-24-17(23)25-12-15/h1-15,22H,16-17H2;2-5,18,22-23,30H,6-15H2,1H3;1-4,15,20-21H,5-12H2,(H,18,22). The number of amides is 1. The molecule has 424 valence electrons. The Morgan fingerprint density at radius 3 is 1.51 bits per heavy atom. The molecule has 5 aromatic rings. The summed E-state index contributed by atoms with van der Waals surface area (Å²) in [6.45, 7) is 4.21. The van der Waals surface area contributed by atoms with Crippen molar-refractivity contribution in [3.05, 3.63) is 178 Å². The van der Waals surface area contributed by atoms with Gasteiger partial charge < -0.3 is 59.3 Å². The van der Waals surface area contributed by atoms with Crippen LogP contribution in [0.1, 0.15) is 38.9 Å². The Kier molecular flexibility index (Phi) is 31.2. The van der Waals surface area contributed by atoms with Crippen molar-refractivity contribution >= 4 is 48.6 Å². The van der Waals surface area contributed by atoms with Crippen LogP contribution < -0.4 is 5.32 Å². The fraction of sp³-hybridized carbons (Fsp3) is 0.414. The molecule has 1 amide bonds. The monoisotopic (exact) mass is 1120 g/mol. The van der Waals surface area contributed by atoms with E-state index in [1.54, 1.807) is 11.8 Å². The number of hydrogen-bond donors (Lipinski definition) is 7. The molecule has 0 aliphatic carbocycles. The van der Waals surface area contributed by atoms with E-state index < -0.39 is 30.1 Å². The fourth-order valence-corrected chi connectivity index (χ4v) is 9.41. The second-order valence-corrected chi connectivity index (χ2v) is 19.3. The summed E-state index contributed by atoms with van der Waals surface area (Å²) >= 11 is 5.82. The average Bonchev–Trinajstić information content (AvgIpc) is 3.63. The fourth-order valence-electron chi connectivity index (χ4n) is 7.98. The van der Waals surface area contributed by atoms with E-state index in [0.717, 1.165) is 22.3 Å². The Labute approximate surface area is 467 Å².